The van der Waals surface area contributed by atoms with Crippen molar-refractivity contribution in [3.05, 3.63) is 90.3 Å². The molecule has 1 aromatic heterocycles. The predicted octanol–water partition coefficient (Wildman–Crippen LogP) is 3.89. The van der Waals surface area contributed by atoms with Crippen LogP contribution in [-0.2, 0) is 16.2 Å². The van der Waals surface area contributed by atoms with Gasteiger partial charge < -0.3 is 15.0 Å². The zero-order chi connectivity index (χ0) is 21.6. The van der Waals surface area contributed by atoms with Crippen LogP contribution in [0.4, 0.5) is 5.69 Å². The molecule has 0 bridgehead atoms. The molecule has 6 nitrogen and oxygen atoms in total. The maximum atomic E-state index is 12.8. The highest BCUT2D eigenvalue weighted by atomic mass is 16.5. The van der Waals surface area contributed by atoms with Crippen LogP contribution < -0.4 is 15.0 Å². The zero-order valence-corrected chi connectivity index (χ0v) is 17.4. The highest BCUT2D eigenvalue weighted by Gasteiger charge is 2.35. The maximum absolute atomic E-state index is 12.8. The number of rotatable bonds is 7. The SMILES string of the molecule is CC(NC(=O)C1CC(=O)N(c2ccccc2)C1)c1ccc(OCc2cccnc2)cc1. The van der Waals surface area contributed by atoms with Crippen molar-refractivity contribution in [1.82, 2.24) is 10.3 Å². The number of hydrogen-bond acceptors (Lipinski definition) is 4. The van der Waals surface area contributed by atoms with Gasteiger partial charge in [-0.15, -0.1) is 0 Å². The first kappa shape index (κ1) is 20.6. The van der Waals surface area contributed by atoms with Gasteiger partial charge in [0.2, 0.25) is 11.8 Å². The van der Waals surface area contributed by atoms with E-state index in [2.05, 4.69) is 10.3 Å². The van der Waals surface area contributed by atoms with E-state index < -0.39 is 0 Å². The number of hydrogen-bond donors (Lipinski definition) is 1. The van der Waals surface area contributed by atoms with Crippen molar-refractivity contribution in [1.29, 1.82) is 0 Å². The molecule has 0 aliphatic carbocycles. The molecule has 158 valence electrons. The van der Waals surface area contributed by atoms with Gasteiger partial charge in [-0.1, -0.05) is 36.4 Å². The summed E-state index contributed by atoms with van der Waals surface area (Å²) in [6.45, 7) is 2.80. The number of para-hydroxylation sites is 1. The fourth-order valence-corrected chi connectivity index (χ4v) is 3.66. The molecule has 0 spiro atoms. The van der Waals surface area contributed by atoms with Crippen molar-refractivity contribution < 1.29 is 14.3 Å². The average Bonchev–Trinajstić information content (AvgIpc) is 3.21. The second-order valence-electron chi connectivity index (χ2n) is 7.69. The van der Waals surface area contributed by atoms with Crippen LogP contribution in [0.3, 0.4) is 0 Å². The molecule has 1 aliphatic heterocycles. The lowest BCUT2D eigenvalue weighted by atomic mass is 10.0. The lowest BCUT2D eigenvalue weighted by Crippen LogP contribution is -2.34. The Kier molecular flexibility index (Phi) is 6.26. The van der Waals surface area contributed by atoms with Crippen LogP contribution in [0.1, 0.15) is 30.5 Å². The van der Waals surface area contributed by atoms with Gasteiger partial charge in [-0.05, 0) is 42.8 Å². The number of aromatic nitrogens is 1. The molecule has 3 aromatic rings. The van der Waals surface area contributed by atoms with E-state index in [9.17, 15) is 9.59 Å². The van der Waals surface area contributed by atoms with E-state index in [1.165, 1.54) is 0 Å². The monoisotopic (exact) mass is 415 g/mol. The van der Waals surface area contributed by atoms with Crippen LogP contribution in [0.25, 0.3) is 0 Å². The molecule has 6 heteroatoms. The number of benzene rings is 2. The van der Waals surface area contributed by atoms with Crippen molar-refractivity contribution in [2.75, 3.05) is 11.4 Å². The number of amides is 2. The highest BCUT2D eigenvalue weighted by Crippen LogP contribution is 2.26. The van der Waals surface area contributed by atoms with Gasteiger partial charge in [0, 0.05) is 36.6 Å². The Morgan fingerprint density at radius 2 is 1.90 bits per heavy atom. The normalized spacial score (nSPS) is 16.7. The van der Waals surface area contributed by atoms with Crippen LogP contribution in [0, 0.1) is 5.92 Å². The number of ether oxygens (including phenoxy) is 1. The Morgan fingerprint density at radius 1 is 1.13 bits per heavy atom. The number of pyridine rings is 1. The zero-order valence-electron chi connectivity index (χ0n) is 17.4. The standard InChI is InChI=1S/C25H25N3O3/c1-18(20-9-11-23(12-10-20)31-17-19-6-5-13-26-15-19)27-25(30)21-14-24(29)28(16-21)22-7-3-2-4-8-22/h2-13,15,18,21H,14,16-17H2,1H3,(H,27,30). The molecule has 1 fully saturated rings. The minimum absolute atomic E-state index is 0.0193. The molecule has 0 radical (unpaired) electrons. The molecule has 4 rings (SSSR count). The van der Waals surface area contributed by atoms with Crippen molar-refractivity contribution in [3.8, 4) is 5.75 Å². The summed E-state index contributed by atoms with van der Waals surface area (Å²) in [5.41, 5.74) is 2.81. The molecule has 0 saturated carbocycles. The largest absolute Gasteiger partial charge is 0.489 e. The maximum Gasteiger partial charge on any atom is 0.227 e. The molecule has 2 aromatic carbocycles. The Labute approximate surface area is 181 Å². The first-order valence-corrected chi connectivity index (χ1v) is 10.4. The van der Waals surface area contributed by atoms with Gasteiger partial charge in [0.1, 0.15) is 12.4 Å². The summed E-state index contributed by atoms with van der Waals surface area (Å²) in [6.07, 6.45) is 3.74. The summed E-state index contributed by atoms with van der Waals surface area (Å²) < 4.78 is 5.78. The van der Waals surface area contributed by atoms with Gasteiger partial charge in [-0.2, -0.15) is 0 Å². The van der Waals surface area contributed by atoms with Gasteiger partial charge in [0.05, 0.1) is 12.0 Å². The minimum Gasteiger partial charge on any atom is -0.489 e. The summed E-state index contributed by atoms with van der Waals surface area (Å²) in [6, 6.07) is 20.8. The highest BCUT2D eigenvalue weighted by molar-refractivity contribution is 6.00. The number of carbonyl (C=O) groups is 2. The number of carbonyl (C=O) groups excluding carboxylic acids is 2. The average molecular weight is 415 g/mol. The van der Waals surface area contributed by atoms with Crippen LogP contribution in [0.15, 0.2) is 79.1 Å². The van der Waals surface area contributed by atoms with E-state index in [0.29, 0.717) is 13.2 Å². The van der Waals surface area contributed by atoms with Crippen LogP contribution in [0.2, 0.25) is 0 Å². The molecular weight excluding hydrogens is 390 g/mol. The van der Waals surface area contributed by atoms with Gasteiger partial charge >= 0.3 is 0 Å². The molecule has 2 heterocycles. The third-order valence-electron chi connectivity index (χ3n) is 5.43. The molecule has 1 N–H and O–H groups in total. The molecule has 2 atom stereocenters. The lowest BCUT2D eigenvalue weighted by Gasteiger charge is -2.19. The lowest BCUT2D eigenvalue weighted by molar-refractivity contribution is -0.126. The number of nitrogens with zero attached hydrogens (tertiary/aromatic N) is 2. The third kappa shape index (κ3) is 5.09. The van der Waals surface area contributed by atoms with Crippen LogP contribution >= 0.6 is 0 Å². The summed E-state index contributed by atoms with van der Waals surface area (Å²) >= 11 is 0. The molecule has 31 heavy (non-hydrogen) atoms. The Bertz CT molecular complexity index is 1020. The second-order valence-corrected chi connectivity index (χ2v) is 7.69. The fraction of sp³-hybridized carbons (Fsp3) is 0.240. The van der Waals surface area contributed by atoms with E-state index in [-0.39, 0.29) is 30.2 Å². The molecule has 2 amide bonds. The van der Waals surface area contributed by atoms with Crippen molar-refractivity contribution >= 4 is 17.5 Å². The summed E-state index contributed by atoms with van der Waals surface area (Å²) in [5, 5.41) is 3.04. The first-order valence-electron chi connectivity index (χ1n) is 10.4. The Morgan fingerprint density at radius 3 is 2.61 bits per heavy atom. The number of nitrogens with one attached hydrogen (secondary N) is 1. The second kappa shape index (κ2) is 9.43. The molecule has 1 saturated heterocycles. The minimum atomic E-state index is -0.350. The van der Waals surface area contributed by atoms with E-state index >= 15 is 0 Å². The summed E-state index contributed by atoms with van der Waals surface area (Å²) in [4.78, 5) is 30.9. The van der Waals surface area contributed by atoms with E-state index in [1.54, 1.807) is 17.3 Å². The molecule has 2 unspecified atom stereocenters. The van der Waals surface area contributed by atoms with Gasteiger partial charge in [-0.3, -0.25) is 14.6 Å². The Balaban J connectivity index is 1.31. The van der Waals surface area contributed by atoms with E-state index in [4.69, 9.17) is 4.74 Å². The van der Waals surface area contributed by atoms with E-state index in [1.807, 2.05) is 73.7 Å². The van der Waals surface area contributed by atoms with Gasteiger partial charge in [0.15, 0.2) is 0 Å². The topological polar surface area (TPSA) is 71.5 Å². The van der Waals surface area contributed by atoms with Crippen LogP contribution in [-0.4, -0.2) is 23.3 Å². The molecule has 1 aliphatic rings. The molecular formula is C25H25N3O3. The first-order chi connectivity index (χ1) is 15.1. The smallest absolute Gasteiger partial charge is 0.227 e. The quantitative estimate of drug-likeness (QED) is 0.636. The fourth-order valence-electron chi connectivity index (χ4n) is 3.66. The van der Waals surface area contributed by atoms with Gasteiger partial charge in [0.25, 0.3) is 0 Å². The van der Waals surface area contributed by atoms with Gasteiger partial charge in [-0.25, -0.2) is 0 Å². The number of anilines is 1. The van der Waals surface area contributed by atoms with Crippen LogP contribution in [0.5, 0.6) is 5.75 Å². The Hall–Kier alpha value is -3.67. The van der Waals surface area contributed by atoms with E-state index in [0.717, 1.165) is 22.6 Å². The third-order valence-corrected chi connectivity index (χ3v) is 5.43. The van der Waals surface area contributed by atoms with Crippen molar-refractivity contribution in [2.45, 2.75) is 26.0 Å². The predicted molar refractivity (Wildman–Crippen MR) is 118 cm³/mol. The van der Waals surface area contributed by atoms with Crippen molar-refractivity contribution in [3.63, 3.8) is 0 Å². The van der Waals surface area contributed by atoms with Crippen molar-refractivity contribution in [2.24, 2.45) is 5.92 Å². The summed E-state index contributed by atoms with van der Waals surface area (Å²) in [5.74, 6) is 0.286. The summed E-state index contributed by atoms with van der Waals surface area (Å²) in [7, 11) is 0.